The minimum absolute atomic E-state index is 0.314. The predicted octanol–water partition coefficient (Wildman–Crippen LogP) is 3.72. The molecule has 1 aromatic carbocycles. The van der Waals surface area contributed by atoms with Crippen LogP contribution in [0.3, 0.4) is 0 Å². The summed E-state index contributed by atoms with van der Waals surface area (Å²) in [7, 11) is 0. The quantitative estimate of drug-likeness (QED) is 0.863. The molecule has 0 bridgehead atoms. The minimum Gasteiger partial charge on any atom is -0.326 e. The van der Waals surface area contributed by atoms with Crippen LogP contribution in [-0.4, -0.2) is 27.5 Å². The van der Waals surface area contributed by atoms with Gasteiger partial charge in [0.15, 0.2) is 0 Å². The van der Waals surface area contributed by atoms with Gasteiger partial charge in [-0.2, -0.15) is 5.26 Å². The van der Waals surface area contributed by atoms with E-state index in [1.165, 1.54) is 29.5 Å². The van der Waals surface area contributed by atoms with Crippen molar-refractivity contribution in [2.75, 3.05) is 13.1 Å². The number of imidazole rings is 1. The summed E-state index contributed by atoms with van der Waals surface area (Å²) in [4.78, 5) is 7.43. The van der Waals surface area contributed by atoms with Crippen molar-refractivity contribution in [1.82, 2.24) is 14.5 Å². The van der Waals surface area contributed by atoms with Crippen LogP contribution >= 0.6 is 0 Å². The largest absolute Gasteiger partial charge is 0.326 e. The smallest absolute Gasteiger partial charge is 0.127 e. The highest BCUT2D eigenvalue weighted by Gasteiger charge is 2.24. The van der Waals surface area contributed by atoms with E-state index in [0.717, 1.165) is 31.0 Å². The summed E-state index contributed by atoms with van der Waals surface area (Å²) in [6.07, 6.45) is 3.08. The molecule has 1 unspecified atom stereocenters. The average Bonchev–Trinajstić information content (AvgIpc) is 3.13. The summed E-state index contributed by atoms with van der Waals surface area (Å²) in [5.41, 5.74) is 4.78. The SMILES string of the molecule is Cc1cc2nc(C(C)N3CCCC3)n(CCC#N)c2cc1C. The van der Waals surface area contributed by atoms with Crippen molar-refractivity contribution in [3.8, 4) is 6.07 Å². The zero-order valence-corrected chi connectivity index (χ0v) is 13.8. The van der Waals surface area contributed by atoms with Gasteiger partial charge in [0, 0.05) is 6.54 Å². The molecule has 1 fully saturated rings. The zero-order chi connectivity index (χ0) is 15.7. The van der Waals surface area contributed by atoms with Crippen LogP contribution in [0.2, 0.25) is 0 Å². The van der Waals surface area contributed by atoms with Gasteiger partial charge in [0.25, 0.3) is 0 Å². The minimum atomic E-state index is 0.314. The number of nitrogens with zero attached hydrogens (tertiary/aromatic N) is 4. The van der Waals surface area contributed by atoms with E-state index < -0.39 is 0 Å². The van der Waals surface area contributed by atoms with E-state index in [4.69, 9.17) is 10.2 Å². The van der Waals surface area contributed by atoms with Crippen molar-refractivity contribution in [1.29, 1.82) is 5.26 Å². The lowest BCUT2D eigenvalue weighted by molar-refractivity contribution is 0.248. The number of hydrogen-bond donors (Lipinski definition) is 0. The molecule has 4 nitrogen and oxygen atoms in total. The number of rotatable bonds is 4. The average molecular weight is 296 g/mol. The van der Waals surface area contributed by atoms with E-state index in [2.05, 4.69) is 48.4 Å². The Kier molecular flexibility index (Phi) is 4.17. The third kappa shape index (κ3) is 2.62. The molecular weight excluding hydrogens is 272 g/mol. The van der Waals surface area contributed by atoms with E-state index >= 15 is 0 Å². The summed E-state index contributed by atoms with van der Waals surface area (Å²) in [6, 6.07) is 6.98. The fourth-order valence-electron chi connectivity index (χ4n) is 3.41. The molecule has 0 amide bonds. The fraction of sp³-hybridized carbons (Fsp3) is 0.556. The number of fused-ring (bicyclic) bond motifs is 1. The standard InChI is InChI=1S/C18H24N4/c1-13-11-16-17(12-14(13)2)22(10-6-7-19)18(20-16)15(3)21-8-4-5-9-21/h11-12,15H,4-6,8-10H2,1-3H3. The van der Waals surface area contributed by atoms with Crippen LogP contribution in [0.5, 0.6) is 0 Å². The number of likely N-dealkylation sites (tertiary alicyclic amines) is 1. The van der Waals surface area contributed by atoms with Crippen LogP contribution in [-0.2, 0) is 6.54 Å². The van der Waals surface area contributed by atoms with Crippen LogP contribution < -0.4 is 0 Å². The molecule has 2 heterocycles. The van der Waals surface area contributed by atoms with Gasteiger partial charge in [-0.15, -0.1) is 0 Å². The molecule has 0 N–H and O–H groups in total. The first-order chi connectivity index (χ1) is 10.6. The second-order valence-electron chi connectivity index (χ2n) is 6.37. The first kappa shape index (κ1) is 15.1. The monoisotopic (exact) mass is 296 g/mol. The summed E-state index contributed by atoms with van der Waals surface area (Å²) < 4.78 is 2.26. The summed E-state index contributed by atoms with van der Waals surface area (Å²) in [5, 5.41) is 8.98. The number of nitriles is 1. The summed E-state index contributed by atoms with van der Waals surface area (Å²) in [5.74, 6) is 1.11. The van der Waals surface area contributed by atoms with Crippen molar-refractivity contribution >= 4 is 11.0 Å². The molecule has 1 aliphatic rings. The van der Waals surface area contributed by atoms with Gasteiger partial charge in [-0.05, 0) is 70.0 Å². The van der Waals surface area contributed by atoms with Crippen molar-refractivity contribution < 1.29 is 0 Å². The van der Waals surface area contributed by atoms with Crippen molar-refractivity contribution in [3.63, 3.8) is 0 Å². The Hall–Kier alpha value is -1.86. The molecule has 0 spiro atoms. The molecule has 116 valence electrons. The highest BCUT2D eigenvalue weighted by atomic mass is 15.2. The Labute approximate surface area is 132 Å². The van der Waals surface area contributed by atoms with E-state index in [0.29, 0.717) is 12.5 Å². The molecule has 1 saturated heterocycles. The molecular formula is C18H24N4. The molecule has 22 heavy (non-hydrogen) atoms. The first-order valence-electron chi connectivity index (χ1n) is 8.20. The lowest BCUT2D eigenvalue weighted by Crippen LogP contribution is -2.26. The Balaban J connectivity index is 2.08. The predicted molar refractivity (Wildman–Crippen MR) is 88.7 cm³/mol. The number of aryl methyl sites for hydroxylation is 3. The normalized spacial score (nSPS) is 17.0. The highest BCUT2D eigenvalue weighted by Crippen LogP contribution is 2.29. The Bertz CT molecular complexity index is 717. The van der Waals surface area contributed by atoms with Crippen molar-refractivity contribution in [2.24, 2.45) is 0 Å². The lowest BCUT2D eigenvalue weighted by atomic mass is 10.1. The molecule has 2 aromatic rings. The van der Waals surface area contributed by atoms with Gasteiger partial charge in [0.2, 0.25) is 0 Å². The third-order valence-corrected chi connectivity index (χ3v) is 4.90. The van der Waals surface area contributed by atoms with Gasteiger partial charge in [-0.1, -0.05) is 0 Å². The number of benzene rings is 1. The van der Waals surface area contributed by atoms with E-state index in [-0.39, 0.29) is 0 Å². The van der Waals surface area contributed by atoms with Crippen LogP contribution in [0.25, 0.3) is 11.0 Å². The van der Waals surface area contributed by atoms with Gasteiger partial charge in [-0.3, -0.25) is 4.90 Å². The molecule has 1 aromatic heterocycles. The van der Waals surface area contributed by atoms with Gasteiger partial charge in [-0.25, -0.2) is 4.98 Å². The molecule has 0 radical (unpaired) electrons. The van der Waals surface area contributed by atoms with Crippen LogP contribution in [0.15, 0.2) is 12.1 Å². The van der Waals surface area contributed by atoms with Gasteiger partial charge < -0.3 is 4.57 Å². The topological polar surface area (TPSA) is 44.9 Å². The zero-order valence-electron chi connectivity index (χ0n) is 13.8. The van der Waals surface area contributed by atoms with Gasteiger partial charge in [0.1, 0.15) is 5.82 Å². The van der Waals surface area contributed by atoms with Gasteiger partial charge in [0.05, 0.1) is 29.6 Å². The molecule has 1 aliphatic heterocycles. The van der Waals surface area contributed by atoms with E-state index in [1.54, 1.807) is 0 Å². The maximum atomic E-state index is 8.98. The molecule has 1 atom stereocenters. The van der Waals surface area contributed by atoms with Crippen LogP contribution in [0, 0.1) is 25.2 Å². The second-order valence-corrected chi connectivity index (χ2v) is 6.37. The van der Waals surface area contributed by atoms with Crippen LogP contribution in [0.1, 0.15) is 49.2 Å². The maximum Gasteiger partial charge on any atom is 0.127 e. The fourth-order valence-corrected chi connectivity index (χ4v) is 3.41. The maximum absolute atomic E-state index is 8.98. The highest BCUT2D eigenvalue weighted by molar-refractivity contribution is 5.78. The summed E-state index contributed by atoms with van der Waals surface area (Å²) in [6.45, 7) is 9.55. The van der Waals surface area contributed by atoms with E-state index in [1.807, 2.05) is 0 Å². The molecule has 0 aliphatic carbocycles. The Morgan fingerprint density at radius 2 is 1.91 bits per heavy atom. The second kappa shape index (κ2) is 6.10. The third-order valence-electron chi connectivity index (χ3n) is 4.90. The molecule has 0 saturated carbocycles. The first-order valence-corrected chi connectivity index (χ1v) is 8.20. The molecule has 4 heteroatoms. The molecule has 3 rings (SSSR count). The van der Waals surface area contributed by atoms with Crippen molar-refractivity contribution in [2.45, 2.75) is 52.6 Å². The Morgan fingerprint density at radius 3 is 2.59 bits per heavy atom. The van der Waals surface area contributed by atoms with Gasteiger partial charge >= 0.3 is 0 Å². The van der Waals surface area contributed by atoms with Crippen LogP contribution in [0.4, 0.5) is 0 Å². The lowest BCUT2D eigenvalue weighted by Gasteiger charge is -2.24. The van der Waals surface area contributed by atoms with E-state index in [9.17, 15) is 0 Å². The Morgan fingerprint density at radius 1 is 1.23 bits per heavy atom. The summed E-state index contributed by atoms with van der Waals surface area (Å²) >= 11 is 0. The number of hydrogen-bond acceptors (Lipinski definition) is 3. The van der Waals surface area contributed by atoms with Crippen molar-refractivity contribution in [3.05, 3.63) is 29.1 Å². The number of aromatic nitrogens is 2.